The van der Waals surface area contributed by atoms with E-state index >= 15 is 0 Å². The highest BCUT2D eigenvalue weighted by Crippen LogP contribution is 2.15. The van der Waals surface area contributed by atoms with Gasteiger partial charge in [-0.05, 0) is 31.0 Å². The van der Waals surface area contributed by atoms with Crippen molar-refractivity contribution in [1.29, 1.82) is 0 Å². The molecule has 1 aromatic carbocycles. The van der Waals surface area contributed by atoms with Crippen LogP contribution >= 0.6 is 0 Å². The molecule has 140 valence electrons. The first kappa shape index (κ1) is 17.5. The van der Waals surface area contributed by atoms with Crippen LogP contribution in [-0.4, -0.2) is 51.7 Å². The highest BCUT2D eigenvalue weighted by molar-refractivity contribution is 5.93. The molecule has 0 aliphatic carbocycles. The molecule has 1 fully saturated rings. The largest absolute Gasteiger partial charge is 0.472 e. The minimum Gasteiger partial charge on any atom is -0.472 e. The molecule has 0 unspecified atom stereocenters. The SMILES string of the molecule is Cc1ccccc1-n1cc(CN2CCCN(C(=O)c3ccoc3)CC2)cn1. The first-order valence-corrected chi connectivity index (χ1v) is 9.34. The Morgan fingerprint density at radius 2 is 2.04 bits per heavy atom. The number of carbonyl (C=O) groups is 1. The molecule has 0 bridgehead atoms. The molecule has 6 nitrogen and oxygen atoms in total. The van der Waals surface area contributed by atoms with Crippen LogP contribution < -0.4 is 0 Å². The van der Waals surface area contributed by atoms with E-state index in [-0.39, 0.29) is 5.91 Å². The first-order chi connectivity index (χ1) is 13.2. The van der Waals surface area contributed by atoms with Crippen molar-refractivity contribution in [2.75, 3.05) is 26.2 Å². The molecule has 4 rings (SSSR count). The van der Waals surface area contributed by atoms with Crippen LogP contribution in [0.2, 0.25) is 0 Å². The number of hydrogen-bond acceptors (Lipinski definition) is 4. The molecule has 3 aromatic rings. The Kier molecular flexibility index (Phi) is 5.07. The molecule has 0 atom stereocenters. The molecule has 1 aliphatic rings. The highest BCUT2D eigenvalue weighted by Gasteiger charge is 2.21. The summed E-state index contributed by atoms with van der Waals surface area (Å²) in [7, 11) is 0. The summed E-state index contributed by atoms with van der Waals surface area (Å²) in [6, 6.07) is 9.97. The summed E-state index contributed by atoms with van der Waals surface area (Å²) in [5.41, 5.74) is 4.13. The smallest absolute Gasteiger partial charge is 0.257 e. The van der Waals surface area contributed by atoms with E-state index in [9.17, 15) is 4.79 Å². The average molecular weight is 364 g/mol. The first-order valence-electron chi connectivity index (χ1n) is 9.34. The molecule has 27 heavy (non-hydrogen) atoms. The van der Waals surface area contributed by atoms with Crippen LogP contribution in [0.5, 0.6) is 0 Å². The quantitative estimate of drug-likeness (QED) is 0.714. The molecule has 0 saturated carbocycles. The lowest BCUT2D eigenvalue weighted by Crippen LogP contribution is -2.34. The maximum absolute atomic E-state index is 12.5. The fourth-order valence-electron chi connectivity index (χ4n) is 3.55. The van der Waals surface area contributed by atoms with E-state index in [1.165, 1.54) is 17.4 Å². The predicted molar refractivity (Wildman–Crippen MR) is 103 cm³/mol. The van der Waals surface area contributed by atoms with Gasteiger partial charge in [0, 0.05) is 44.5 Å². The van der Waals surface area contributed by atoms with Gasteiger partial charge >= 0.3 is 0 Å². The molecule has 1 aliphatic heterocycles. The number of hydrogen-bond donors (Lipinski definition) is 0. The van der Waals surface area contributed by atoms with Gasteiger partial charge in [0.2, 0.25) is 0 Å². The Bertz CT molecular complexity index is 901. The molecule has 0 spiro atoms. The Hall–Kier alpha value is -2.86. The number of benzene rings is 1. The summed E-state index contributed by atoms with van der Waals surface area (Å²) in [6.45, 7) is 6.29. The van der Waals surface area contributed by atoms with Crippen molar-refractivity contribution in [3.8, 4) is 5.69 Å². The van der Waals surface area contributed by atoms with E-state index in [1.807, 2.05) is 27.9 Å². The van der Waals surface area contributed by atoms with Gasteiger partial charge < -0.3 is 9.32 Å². The van der Waals surface area contributed by atoms with E-state index < -0.39 is 0 Å². The lowest BCUT2D eigenvalue weighted by Gasteiger charge is -2.21. The zero-order valence-electron chi connectivity index (χ0n) is 15.5. The fraction of sp³-hybridized carbons (Fsp3) is 0.333. The number of amides is 1. The second-order valence-electron chi connectivity index (χ2n) is 7.01. The third-order valence-electron chi connectivity index (χ3n) is 5.05. The molecule has 0 N–H and O–H groups in total. The second-order valence-corrected chi connectivity index (χ2v) is 7.01. The third-order valence-corrected chi connectivity index (χ3v) is 5.05. The number of aryl methyl sites for hydroxylation is 1. The van der Waals surface area contributed by atoms with Gasteiger partial charge in [-0.25, -0.2) is 4.68 Å². The van der Waals surface area contributed by atoms with Crippen LogP contribution in [0.25, 0.3) is 5.69 Å². The second kappa shape index (κ2) is 7.80. The monoisotopic (exact) mass is 364 g/mol. The Morgan fingerprint density at radius 1 is 1.15 bits per heavy atom. The van der Waals surface area contributed by atoms with Crippen molar-refractivity contribution in [2.45, 2.75) is 19.9 Å². The lowest BCUT2D eigenvalue weighted by atomic mass is 10.2. The lowest BCUT2D eigenvalue weighted by molar-refractivity contribution is 0.0760. The summed E-state index contributed by atoms with van der Waals surface area (Å²) in [5.74, 6) is 0.0537. The van der Waals surface area contributed by atoms with Gasteiger partial charge in [0.15, 0.2) is 0 Å². The van der Waals surface area contributed by atoms with Crippen LogP contribution in [0.3, 0.4) is 0 Å². The molecule has 1 saturated heterocycles. The Morgan fingerprint density at radius 3 is 2.85 bits per heavy atom. The van der Waals surface area contributed by atoms with Gasteiger partial charge in [-0.15, -0.1) is 0 Å². The third kappa shape index (κ3) is 3.95. The normalized spacial score (nSPS) is 15.7. The van der Waals surface area contributed by atoms with Crippen LogP contribution in [0.15, 0.2) is 59.7 Å². The molecule has 0 radical (unpaired) electrons. The number of rotatable bonds is 4. The van der Waals surface area contributed by atoms with Crippen LogP contribution in [0, 0.1) is 6.92 Å². The number of para-hydroxylation sites is 1. The number of carbonyl (C=O) groups excluding carboxylic acids is 1. The van der Waals surface area contributed by atoms with Gasteiger partial charge in [-0.3, -0.25) is 9.69 Å². The van der Waals surface area contributed by atoms with Crippen molar-refractivity contribution >= 4 is 5.91 Å². The summed E-state index contributed by atoms with van der Waals surface area (Å²) < 4.78 is 6.98. The van der Waals surface area contributed by atoms with E-state index in [0.717, 1.165) is 44.8 Å². The number of furan rings is 1. The van der Waals surface area contributed by atoms with E-state index in [4.69, 9.17) is 4.42 Å². The molecule has 2 aromatic heterocycles. The molecular formula is C21H24N4O2. The summed E-state index contributed by atoms with van der Waals surface area (Å²) >= 11 is 0. The molecular weight excluding hydrogens is 340 g/mol. The van der Waals surface area contributed by atoms with E-state index in [1.54, 1.807) is 12.3 Å². The van der Waals surface area contributed by atoms with Crippen molar-refractivity contribution in [3.63, 3.8) is 0 Å². The van der Waals surface area contributed by atoms with E-state index in [0.29, 0.717) is 5.56 Å². The van der Waals surface area contributed by atoms with Crippen molar-refractivity contribution in [2.24, 2.45) is 0 Å². The zero-order valence-corrected chi connectivity index (χ0v) is 15.5. The topological polar surface area (TPSA) is 54.5 Å². The Labute approximate surface area is 159 Å². The standard InChI is InChI=1S/C21H24N4O2/c1-17-5-2-3-6-20(17)25-15-18(13-22-25)14-23-8-4-9-24(11-10-23)21(26)19-7-12-27-16-19/h2-3,5-7,12-13,15-16H,4,8-11,14H2,1H3. The van der Waals surface area contributed by atoms with Crippen molar-refractivity contribution < 1.29 is 9.21 Å². The maximum Gasteiger partial charge on any atom is 0.257 e. The highest BCUT2D eigenvalue weighted by atomic mass is 16.3. The van der Waals surface area contributed by atoms with Crippen molar-refractivity contribution in [3.05, 3.63) is 71.9 Å². The van der Waals surface area contributed by atoms with Crippen molar-refractivity contribution in [1.82, 2.24) is 19.6 Å². The average Bonchev–Trinajstić information content (AvgIpc) is 3.31. The Balaban J connectivity index is 1.38. The molecule has 6 heteroatoms. The molecule has 1 amide bonds. The van der Waals surface area contributed by atoms with E-state index in [2.05, 4.69) is 35.3 Å². The summed E-state index contributed by atoms with van der Waals surface area (Å²) in [4.78, 5) is 16.8. The summed E-state index contributed by atoms with van der Waals surface area (Å²) in [6.07, 6.45) is 8.07. The van der Waals surface area contributed by atoms with Gasteiger partial charge in [-0.2, -0.15) is 5.10 Å². The maximum atomic E-state index is 12.5. The zero-order chi connectivity index (χ0) is 18.6. The van der Waals surface area contributed by atoms with Gasteiger partial charge in [-0.1, -0.05) is 18.2 Å². The summed E-state index contributed by atoms with van der Waals surface area (Å²) in [5, 5.41) is 4.53. The predicted octanol–water partition coefficient (Wildman–Crippen LogP) is 3.12. The number of nitrogens with zero attached hydrogens (tertiary/aromatic N) is 4. The number of aromatic nitrogens is 2. The van der Waals surface area contributed by atoms with Crippen LogP contribution in [0.1, 0.15) is 27.9 Å². The molecule has 3 heterocycles. The fourth-order valence-corrected chi connectivity index (χ4v) is 3.55. The van der Waals surface area contributed by atoms with Crippen LogP contribution in [-0.2, 0) is 6.54 Å². The van der Waals surface area contributed by atoms with Gasteiger partial charge in [0.25, 0.3) is 5.91 Å². The minimum atomic E-state index is 0.0537. The van der Waals surface area contributed by atoms with Gasteiger partial charge in [0.05, 0.1) is 23.7 Å². The van der Waals surface area contributed by atoms with Gasteiger partial charge in [0.1, 0.15) is 6.26 Å². The van der Waals surface area contributed by atoms with Crippen LogP contribution in [0.4, 0.5) is 0 Å². The minimum absolute atomic E-state index is 0.0537.